The number of carbonyl (C=O) groups excluding carboxylic acids is 1. The van der Waals surface area contributed by atoms with Crippen molar-refractivity contribution in [2.45, 2.75) is 51.0 Å². The van der Waals surface area contributed by atoms with E-state index in [4.69, 9.17) is 9.26 Å². The number of carbonyl (C=O) groups is 1. The van der Waals surface area contributed by atoms with E-state index in [-0.39, 0.29) is 18.1 Å². The van der Waals surface area contributed by atoms with Gasteiger partial charge in [0.25, 0.3) is 0 Å². The van der Waals surface area contributed by atoms with Crippen LogP contribution in [0.15, 0.2) is 4.52 Å². The molecule has 1 fully saturated rings. The lowest BCUT2D eigenvalue weighted by Crippen LogP contribution is -2.45. The fraction of sp³-hybridized carbons (Fsp3) is 0.769. The number of aromatic nitrogens is 2. The molecular formula is C13H21N3O3. The molecule has 0 amide bonds. The summed E-state index contributed by atoms with van der Waals surface area (Å²) in [7, 11) is 1.39. The zero-order valence-electron chi connectivity index (χ0n) is 11.6. The van der Waals surface area contributed by atoms with E-state index in [2.05, 4.69) is 15.5 Å². The van der Waals surface area contributed by atoms with Crippen LogP contribution in [0.5, 0.6) is 0 Å². The van der Waals surface area contributed by atoms with E-state index in [0.29, 0.717) is 11.7 Å². The standard InChI is InChI=1S/C13H21N3O3/c1-10-15-12(16-19-10)13(14-9-11(17)18-2)7-5-3-4-6-8-13/h14H,3-9H2,1-2H3. The van der Waals surface area contributed by atoms with Crippen molar-refractivity contribution in [3.63, 3.8) is 0 Å². The van der Waals surface area contributed by atoms with Gasteiger partial charge in [0.05, 0.1) is 19.2 Å². The fourth-order valence-corrected chi connectivity index (χ4v) is 2.62. The van der Waals surface area contributed by atoms with Crippen molar-refractivity contribution < 1.29 is 14.1 Å². The Hall–Kier alpha value is -1.43. The molecule has 1 aliphatic rings. The van der Waals surface area contributed by atoms with Gasteiger partial charge >= 0.3 is 5.97 Å². The minimum atomic E-state index is -0.359. The first kappa shape index (κ1) is 14.0. The van der Waals surface area contributed by atoms with E-state index >= 15 is 0 Å². The highest BCUT2D eigenvalue weighted by molar-refractivity contribution is 5.71. The van der Waals surface area contributed by atoms with Gasteiger partial charge in [-0.05, 0) is 12.8 Å². The molecule has 0 saturated heterocycles. The second kappa shape index (κ2) is 6.14. The molecule has 0 spiro atoms. The van der Waals surface area contributed by atoms with Crippen LogP contribution < -0.4 is 5.32 Å². The van der Waals surface area contributed by atoms with E-state index in [1.807, 2.05) is 0 Å². The monoisotopic (exact) mass is 267 g/mol. The van der Waals surface area contributed by atoms with Gasteiger partial charge in [-0.3, -0.25) is 10.1 Å². The lowest BCUT2D eigenvalue weighted by molar-refractivity contribution is -0.140. The van der Waals surface area contributed by atoms with E-state index in [1.54, 1.807) is 6.92 Å². The third kappa shape index (κ3) is 3.32. The topological polar surface area (TPSA) is 77.2 Å². The van der Waals surface area contributed by atoms with Gasteiger partial charge in [-0.25, -0.2) is 0 Å². The number of hydrogen-bond acceptors (Lipinski definition) is 6. The number of methoxy groups -OCH3 is 1. The van der Waals surface area contributed by atoms with Gasteiger partial charge < -0.3 is 9.26 Å². The summed E-state index contributed by atoms with van der Waals surface area (Å²) in [6.45, 7) is 1.95. The smallest absolute Gasteiger partial charge is 0.319 e. The molecule has 19 heavy (non-hydrogen) atoms. The second-order valence-corrected chi connectivity index (χ2v) is 5.06. The Morgan fingerprint density at radius 1 is 1.37 bits per heavy atom. The van der Waals surface area contributed by atoms with Crippen LogP contribution in [0.25, 0.3) is 0 Å². The van der Waals surface area contributed by atoms with E-state index in [9.17, 15) is 4.79 Å². The van der Waals surface area contributed by atoms with Crippen molar-refractivity contribution in [1.29, 1.82) is 0 Å². The van der Waals surface area contributed by atoms with Crippen molar-refractivity contribution >= 4 is 5.97 Å². The average Bonchev–Trinajstić information content (AvgIpc) is 2.72. The molecule has 1 aromatic rings. The number of nitrogens with zero attached hydrogens (tertiary/aromatic N) is 2. The number of aryl methyl sites for hydroxylation is 1. The summed E-state index contributed by atoms with van der Waals surface area (Å²) in [5.74, 6) is 0.943. The maximum atomic E-state index is 11.4. The third-order valence-corrected chi connectivity index (χ3v) is 3.71. The number of hydrogen-bond donors (Lipinski definition) is 1. The summed E-state index contributed by atoms with van der Waals surface area (Å²) in [6.07, 6.45) is 6.45. The molecule has 0 aromatic carbocycles. The van der Waals surface area contributed by atoms with Crippen LogP contribution in [-0.2, 0) is 15.1 Å². The first-order valence-corrected chi connectivity index (χ1v) is 6.79. The Labute approximate surface area is 112 Å². The molecule has 0 bridgehead atoms. The highest BCUT2D eigenvalue weighted by Crippen LogP contribution is 2.34. The SMILES string of the molecule is COC(=O)CNC1(c2noc(C)n2)CCCCCC1. The summed E-state index contributed by atoms with van der Waals surface area (Å²) in [5.41, 5.74) is -0.359. The van der Waals surface area contributed by atoms with Gasteiger partial charge in [-0.2, -0.15) is 4.98 Å². The zero-order chi connectivity index (χ0) is 13.7. The highest BCUT2D eigenvalue weighted by Gasteiger charge is 2.37. The molecule has 0 atom stereocenters. The molecule has 6 nitrogen and oxygen atoms in total. The van der Waals surface area contributed by atoms with Crippen molar-refractivity contribution in [3.05, 3.63) is 11.7 Å². The molecule has 1 N–H and O–H groups in total. The molecule has 1 saturated carbocycles. The predicted molar refractivity (Wildman–Crippen MR) is 68.4 cm³/mol. The van der Waals surface area contributed by atoms with Crippen molar-refractivity contribution in [1.82, 2.24) is 15.5 Å². The quantitative estimate of drug-likeness (QED) is 0.660. The molecular weight excluding hydrogens is 246 g/mol. The third-order valence-electron chi connectivity index (χ3n) is 3.71. The van der Waals surface area contributed by atoms with Crippen LogP contribution in [-0.4, -0.2) is 29.8 Å². The van der Waals surface area contributed by atoms with Crippen LogP contribution in [0.4, 0.5) is 0 Å². The van der Waals surface area contributed by atoms with Crippen LogP contribution in [0.2, 0.25) is 0 Å². The molecule has 0 radical (unpaired) electrons. The van der Waals surface area contributed by atoms with Crippen molar-refractivity contribution in [3.8, 4) is 0 Å². The molecule has 0 aliphatic heterocycles. The maximum Gasteiger partial charge on any atom is 0.319 e. The normalized spacial score (nSPS) is 18.8. The van der Waals surface area contributed by atoms with Crippen LogP contribution >= 0.6 is 0 Å². The first-order chi connectivity index (χ1) is 9.16. The predicted octanol–water partition coefficient (Wildman–Crippen LogP) is 1.69. The highest BCUT2D eigenvalue weighted by atomic mass is 16.5. The van der Waals surface area contributed by atoms with Gasteiger partial charge in [0.2, 0.25) is 5.89 Å². The molecule has 106 valence electrons. The minimum Gasteiger partial charge on any atom is -0.468 e. The Kier molecular flexibility index (Phi) is 4.52. The van der Waals surface area contributed by atoms with Gasteiger partial charge in [-0.1, -0.05) is 30.8 Å². The van der Waals surface area contributed by atoms with Crippen molar-refractivity contribution in [2.75, 3.05) is 13.7 Å². The largest absolute Gasteiger partial charge is 0.468 e. The summed E-state index contributed by atoms with van der Waals surface area (Å²) in [5, 5.41) is 7.35. The number of rotatable bonds is 4. The summed E-state index contributed by atoms with van der Waals surface area (Å²) >= 11 is 0. The zero-order valence-corrected chi connectivity index (χ0v) is 11.6. The van der Waals surface area contributed by atoms with Crippen LogP contribution in [0, 0.1) is 6.92 Å². The molecule has 0 unspecified atom stereocenters. The Morgan fingerprint density at radius 3 is 2.58 bits per heavy atom. The van der Waals surface area contributed by atoms with Gasteiger partial charge in [0, 0.05) is 6.92 Å². The first-order valence-electron chi connectivity index (χ1n) is 6.79. The Bertz CT molecular complexity index is 423. The molecule has 1 aliphatic carbocycles. The minimum absolute atomic E-state index is 0.171. The Balaban J connectivity index is 2.18. The fourth-order valence-electron chi connectivity index (χ4n) is 2.62. The summed E-state index contributed by atoms with van der Waals surface area (Å²) in [4.78, 5) is 15.7. The molecule has 2 rings (SSSR count). The number of ether oxygens (including phenoxy) is 1. The van der Waals surface area contributed by atoms with Gasteiger partial charge in [0.15, 0.2) is 5.82 Å². The lowest BCUT2D eigenvalue weighted by Gasteiger charge is -2.30. The molecule has 6 heteroatoms. The van der Waals surface area contributed by atoms with Gasteiger partial charge in [-0.15, -0.1) is 0 Å². The molecule has 1 aromatic heterocycles. The maximum absolute atomic E-state index is 11.4. The van der Waals surface area contributed by atoms with E-state index < -0.39 is 0 Å². The Morgan fingerprint density at radius 2 is 2.05 bits per heavy atom. The second-order valence-electron chi connectivity index (χ2n) is 5.06. The summed E-state index contributed by atoms with van der Waals surface area (Å²) < 4.78 is 9.79. The van der Waals surface area contributed by atoms with Crippen LogP contribution in [0.1, 0.15) is 50.2 Å². The number of esters is 1. The van der Waals surface area contributed by atoms with Crippen LogP contribution in [0.3, 0.4) is 0 Å². The average molecular weight is 267 g/mol. The van der Waals surface area contributed by atoms with E-state index in [1.165, 1.54) is 20.0 Å². The molecule has 1 heterocycles. The van der Waals surface area contributed by atoms with Gasteiger partial charge in [0.1, 0.15) is 0 Å². The van der Waals surface area contributed by atoms with E-state index in [0.717, 1.165) is 25.7 Å². The lowest BCUT2D eigenvalue weighted by atomic mass is 9.89. The van der Waals surface area contributed by atoms with Crippen molar-refractivity contribution in [2.24, 2.45) is 0 Å². The number of nitrogens with one attached hydrogen (secondary N) is 1. The summed E-state index contributed by atoms with van der Waals surface area (Å²) in [6, 6.07) is 0.